The second-order valence-corrected chi connectivity index (χ2v) is 10.4. The minimum atomic E-state index is -0.510. The predicted octanol–water partition coefficient (Wildman–Crippen LogP) is 5.06. The van der Waals surface area contributed by atoms with Gasteiger partial charge in [-0.2, -0.15) is 0 Å². The van der Waals surface area contributed by atoms with Crippen LogP contribution in [0.3, 0.4) is 0 Å². The zero-order valence-corrected chi connectivity index (χ0v) is 21.3. The molecule has 1 saturated heterocycles. The highest BCUT2D eigenvalue weighted by Gasteiger charge is 2.51. The Bertz CT molecular complexity index is 975. The average Bonchev–Trinajstić information content (AvgIpc) is 2.96. The Hall–Kier alpha value is -2.77. The van der Waals surface area contributed by atoms with E-state index in [-0.39, 0.29) is 18.3 Å². The third-order valence-corrected chi connectivity index (χ3v) is 5.85. The fourth-order valence-corrected chi connectivity index (χ4v) is 3.25. The molecule has 7 heteroatoms. The van der Waals surface area contributed by atoms with Gasteiger partial charge in [-0.15, -0.1) is 0 Å². The van der Waals surface area contributed by atoms with E-state index >= 15 is 0 Å². The molecule has 0 aromatic heterocycles. The molecule has 1 fully saturated rings. The molecule has 0 unspecified atom stereocenters. The largest absolute Gasteiger partial charge is 0.494 e. The highest BCUT2D eigenvalue weighted by Crippen LogP contribution is 2.36. The molecule has 0 radical (unpaired) electrons. The van der Waals surface area contributed by atoms with Crippen molar-refractivity contribution >= 4 is 30.8 Å². The summed E-state index contributed by atoms with van der Waals surface area (Å²) in [6.45, 7) is 14.5. The Morgan fingerprint density at radius 1 is 0.912 bits per heavy atom. The Morgan fingerprint density at radius 2 is 1.41 bits per heavy atom. The lowest BCUT2D eigenvalue weighted by Crippen LogP contribution is -2.41. The summed E-state index contributed by atoms with van der Waals surface area (Å²) >= 11 is 0. The van der Waals surface area contributed by atoms with Crippen LogP contribution in [0.4, 0.5) is 4.79 Å². The van der Waals surface area contributed by atoms with Crippen LogP contribution in [0.2, 0.25) is 0 Å². The molecule has 1 aliphatic heterocycles. The number of rotatable bonds is 7. The normalized spacial score (nSPS) is 17.1. The highest BCUT2D eigenvalue weighted by molar-refractivity contribution is 6.62. The summed E-state index contributed by atoms with van der Waals surface area (Å²) in [7, 11) is -0.352. The van der Waals surface area contributed by atoms with Gasteiger partial charge in [0.25, 0.3) is 0 Å². The zero-order chi connectivity index (χ0) is 25.0. The molecule has 0 atom stereocenters. The number of benzene rings is 2. The first-order valence-electron chi connectivity index (χ1n) is 11.7. The number of alkyl carbamates (subject to hydrolysis) is 1. The molecule has 1 heterocycles. The summed E-state index contributed by atoms with van der Waals surface area (Å²) in [4.78, 5) is 11.6. The fraction of sp³-hybridized carbons (Fsp3) is 0.444. The van der Waals surface area contributed by atoms with Gasteiger partial charge in [0.15, 0.2) is 0 Å². The van der Waals surface area contributed by atoms with E-state index in [0.717, 1.165) is 22.3 Å². The molecular weight excluding hydrogens is 429 g/mol. The van der Waals surface area contributed by atoms with Gasteiger partial charge in [-0.25, -0.2) is 4.79 Å². The van der Waals surface area contributed by atoms with Gasteiger partial charge < -0.3 is 24.1 Å². The van der Waals surface area contributed by atoms with Gasteiger partial charge >= 0.3 is 13.2 Å². The summed E-state index contributed by atoms with van der Waals surface area (Å²) in [5.74, 6) is 0.745. The molecule has 0 spiro atoms. The van der Waals surface area contributed by atoms with Gasteiger partial charge in [0.1, 0.15) is 18.0 Å². The molecule has 2 aromatic carbocycles. The number of hydrogen-bond donors (Lipinski definition) is 1. The lowest BCUT2D eigenvalue weighted by molar-refractivity contribution is 0.00578. The van der Waals surface area contributed by atoms with Crippen LogP contribution in [-0.4, -0.2) is 43.2 Å². The van der Waals surface area contributed by atoms with Crippen molar-refractivity contribution in [3.05, 3.63) is 59.7 Å². The van der Waals surface area contributed by atoms with Gasteiger partial charge in [-0.1, -0.05) is 48.6 Å². The van der Waals surface area contributed by atoms with Crippen molar-refractivity contribution in [3.8, 4) is 5.75 Å². The van der Waals surface area contributed by atoms with Crippen molar-refractivity contribution in [2.45, 2.75) is 65.3 Å². The Balaban J connectivity index is 1.47. The van der Waals surface area contributed by atoms with Crippen molar-refractivity contribution in [1.82, 2.24) is 5.32 Å². The van der Waals surface area contributed by atoms with E-state index in [1.165, 1.54) is 0 Å². The number of carbonyl (C=O) groups is 1. The third kappa shape index (κ3) is 7.11. The fourth-order valence-electron chi connectivity index (χ4n) is 3.25. The summed E-state index contributed by atoms with van der Waals surface area (Å²) in [6.07, 6.45) is 3.67. The van der Waals surface area contributed by atoms with Crippen LogP contribution >= 0.6 is 0 Å². The van der Waals surface area contributed by atoms with E-state index in [2.05, 4.69) is 57.3 Å². The first-order valence-corrected chi connectivity index (χ1v) is 11.7. The standard InChI is InChI=1S/C27H36BNO5/c1-25(2,3)32-24(30)29-18-19-31-23-16-12-21(13-17-23)9-8-20-10-14-22(15-11-20)28-33-26(4,5)27(6,7)34-28/h8-17H,18-19H2,1-7H3,(H,29,30)/b9-8+. The Labute approximate surface area is 203 Å². The van der Waals surface area contributed by atoms with Gasteiger partial charge in [0.05, 0.1) is 17.7 Å². The minimum Gasteiger partial charge on any atom is -0.492 e. The molecule has 2 aromatic rings. The number of ether oxygens (including phenoxy) is 2. The minimum absolute atomic E-state index is 0.347. The van der Waals surface area contributed by atoms with Crippen LogP contribution in [0.25, 0.3) is 12.2 Å². The van der Waals surface area contributed by atoms with E-state index in [1.807, 2.05) is 57.2 Å². The highest BCUT2D eigenvalue weighted by atomic mass is 16.7. The van der Waals surface area contributed by atoms with Gasteiger partial charge in [0.2, 0.25) is 0 Å². The van der Waals surface area contributed by atoms with Crippen molar-refractivity contribution < 1.29 is 23.6 Å². The number of hydrogen-bond acceptors (Lipinski definition) is 5. The molecule has 3 rings (SSSR count). The summed E-state index contributed by atoms with van der Waals surface area (Å²) < 4.78 is 23.1. The Morgan fingerprint density at radius 3 is 1.91 bits per heavy atom. The predicted molar refractivity (Wildman–Crippen MR) is 137 cm³/mol. The topological polar surface area (TPSA) is 66.0 Å². The van der Waals surface area contributed by atoms with Crippen LogP contribution < -0.4 is 15.5 Å². The van der Waals surface area contributed by atoms with E-state index in [9.17, 15) is 4.79 Å². The molecule has 6 nitrogen and oxygen atoms in total. The maximum Gasteiger partial charge on any atom is 0.494 e. The maximum absolute atomic E-state index is 11.6. The molecule has 34 heavy (non-hydrogen) atoms. The van der Waals surface area contributed by atoms with E-state index in [0.29, 0.717) is 13.2 Å². The van der Waals surface area contributed by atoms with Gasteiger partial charge in [0, 0.05) is 0 Å². The SMILES string of the molecule is CC(C)(C)OC(=O)NCCOc1ccc(/C=C/c2ccc(B3OC(C)(C)C(C)(C)O3)cc2)cc1. The van der Waals surface area contributed by atoms with E-state index < -0.39 is 11.7 Å². The van der Waals surface area contributed by atoms with Crippen LogP contribution in [0.1, 0.15) is 59.6 Å². The molecule has 1 amide bonds. The molecular formula is C27H36BNO5. The van der Waals surface area contributed by atoms with E-state index in [4.69, 9.17) is 18.8 Å². The first kappa shape index (κ1) is 25.9. The quantitative estimate of drug-likeness (QED) is 0.352. The number of nitrogens with one attached hydrogen (secondary N) is 1. The molecule has 1 N–H and O–H groups in total. The van der Waals surface area contributed by atoms with Gasteiger partial charge in [-0.3, -0.25) is 0 Å². The lowest BCUT2D eigenvalue weighted by Gasteiger charge is -2.32. The summed E-state index contributed by atoms with van der Waals surface area (Å²) in [5.41, 5.74) is 1.96. The third-order valence-electron chi connectivity index (χ3n) is 5.85. The molecule has 182 valence electrons. The van der Waals surface area contributed by atoms with Crippen molar-refractivity contribution in [2.24, 2.45) is 0 Å². The van der Waals surface area contributed by atoms with E-state index in [1.54, 1.807) is 0 Å². The van der Waals surface area contributed by atoms with Crippen molar-refractivity contribution in [2.75, 3.05) is 13.2 Å². The number of carbonyl (C=O) groups excluding carboxylic acids is 1. The lowest BCUT2D eigenvalue weighted by atomic mass is 9.79. The van der Waals surface area contributed by atoms with Crippen molar-refractivity contribution in [1.29, 1.82) is 0 Å². The smallest absolute Gasteiger partial charge is 0.492 e. The second kappa shape index (κ2) is 10.2. The average molecular weight is 465 g/mol. The van der Waals surface area contributed by atoms with Crippen molar-refractivity contribution in [3.63, 3.8) is 0 Å². The molecule has 0 saturated carbocycles. The summed E-state index contributed by atoms with van der Waals surface area (Å²) in [5, 5.41) is 2.68. The zero-order valence-electron chi connectivity index (χ0n) is 21.3. The first-order chi connectivity index (χ1) is 15.8. The van der Waals surface area contributed by atoms with Crippen LogP contribution in [0, 0.1) is 0 Å². The summed E-state index contributed by atoms with van der Waals surface area (Å²) in [6, 6.07) is 16.0. The maximum atomic E-state index is 11.6. The van der Waals surface area contributed by atoms with Gasteiger partial charge in [-0.05, 0) is 77.2 Å². The van der Waals surface area contributed by atoms with Crippen LogP contribution in [0.5, 0.6) is 5.75 Å². The molecule has 0 bridgehead atoms. The second-order valence-electron chi connectivity index (χ2n) is 10.4. The Kier molecular flexibility index (Phi) is 7.79. The molecule has 1 aliphatic rings. The monoisotopic (exact) mass is 465 g/mol. The molecule has 0 aliphatic carbocycles. The number of amides is 1. The van der Waals surface area contributed by atoms with Crippen LogP contribution in [-0.2, 0) is 14.0 Å². The van der Waals surface area contributed by atoms with Crippen LogP contribution in [0.15, 0.2) is 48.5 Å².